The highest BCUT2D eigenvalue weighted by Gasteiger charge is 1.82. The lowest BCUT2D eigenvalue weighted by Crippen LogP contribution is -2.23. The standard InChI is InChI=1S/C5H14N2.CH2O/c1-6-4-5-7(2)3;1-2/h6H,4-5H2,1-3H3;1H2. The van der Waals surface area contributed by atoms with Crippen LogP contribution in [0.4, 0.5) is 0 Å². The molecular weight excluding hydrogens is 116 g/mol. The van der Waals surface area contributed by atoms with Crippen LogP contribution in [0.5, 0.6) is 0 Å². The predicted octanol–water partition coefficient (Wildman–Crippen LogP) is -0.417. The molecule has 0 spiro atoms. The Labute approximate surface area is 57.0 Å². The first-order valence-electron chi connectivity index (χ1n) is 2.85. The molecule has 0 rings (SSSR count). The Balaban J connectivity index is 0. The first kappa shape index (κ1) is 11.4. The van der Waals surface area contributed by atoms with Gasteiger partial charge in [-0.2, -0.15) is 0 Å². The van der Waals surface area contributed by atoms with Crippen molar-refractivity contribution >= 4 is 6.79 Å². The normalized spacial score (nSPS) is 8.44. The highest BCUT2D eigenvalue weighted by molar-refractivity contribution is 5.10. The van der Waals surface area contributed by atoms with Crippen LogP contribution in [0.3, 0.4) is 0 Å². The fraction of sp³-hybridized carbons (Fsp3) is 0.833. The number of nitrogens with one attached hydrogen (secondary N) is 1. The van der Waals surface area contributed by atoms with E-state index >= 15 is 0 Å². The number of rotatable bonds is 3. The molecule has 56 valence electrons. The zero-order chi connectivity index (χ0) is 7.70. The van der Waals surface area contributed by atoms with E-state index in [0.29, 0.717) is 0 Å². The van der Waals surface area contributed by atoms with Crippen molar-refractivity contribution in [3.05, 3.63) is 0 Å². The summed E-state index contributed by atoms with van der Waals surface area (Å²) in [6, 6.07) is 0. The predicted molar refractivity (Wildman–Crippen MR) is 39.6 cm³/mol. The van der Waals surface area contributed by atoms with Gasteiger partial charge < -0.3 is 15.0 Å². The average Bonchev–Trinajstić information content (AvgIpc) is 1.88. The van der Waals surface area contributed by atoms with Gasteiger partial charge in [-0.1, -0.05) is 0 Å². The molecular formula is C6H16N2O. The summed E-state index contributed by atoms with van der Waals surface area (Å²) in [6.07, 6.45) is 0. The molecule has 1 N–H and O–H groups in total. The smallest absolute Gasteiger partial charge is 0.106 e. The van der Waals surface area contributed by atoms with E-state index in [2.05, 4.69) is 24.3 Å². The number of likely N-dealkylation sites (N-methyl/N-ethyl adjacent to an activating group) is 2. The molecule has 0 fully saturated rings. The van der Waals surface area contributed by atoms with Gasteiger partial charge in [0.1, 0.15) is 6.79 Å². The molecule has 3 heteroatoms. The van der Waals surface area contributed by atoms with Gasteiger partial charge >= 0.3 is 0 Å². The van der Waals surface area contributed by atoms with Gasteiger partial charge in [0, 0.05) is 13.1 Å². The zero-order valence-corrected chi connectivity index (χ0v) is 6.48. The van der Waals surface area contributed by atoms with E-state index in [9.17, 15) is 0 Å². The first-order valence-corrected chi connectivity index (χ1v) is 2.85. The number of nitrogens with zero attached hydrogens (tertiary/aromatic N) is 1. The SMILES string of the molecule is C=O.CNCCN(C)C. The van der Waals surface area contributed by atoms with Gasteiger partial charge in [-0.25, -0.2) is 0 Å². The number of carbonyl (C=O) groups excluding carboxylic acids is 1. The summed E-state index contributed by atoms with van der Waals surface area (Å²) < 4.78 is 0. The molecule has 3 nitrogen and oxygen atoms in total. The maximum atomic E-state index is 8.00. The molecule has 0 aromatic heterocycles. The van der Waals surface area contributed by atoms with E-state index in [0.717, 1.165) is 13.1 Å². The fourth-order valence-electron chi connectivity index (χ4n) is 0.335. The van der Waals surface area contributed by atoms with Crippen LogP contribution in [0.2, 0.25) is 0 Å². The Hall–Kier alpha value is -0.410. The minimum Gasteiger partial charge on any atom is -0.318 e. The Morgan fingerprint density at radius 2 is 1.89 bits per heavy atom. The minimum atomic E-state index is 1.08. The van der Waals surface area contributed by atoms with Crippen LogP contribution in [-0.2, 0) is 4.79 Å². The summed E-state index contributed by atoms with van der Waals surface area (Å²) in [5, 5.41) is 3.06. The highest BCUT2D eigenvalue weighted by atomic mass is 16.1. The number of hydrogen-bond donors (Lipinski definition) is 1. The molecule has 0 aliphatic carbocycles. The molecule has 0 unspecified atom stereocenters. The van der Waals surface area contributed by atoms with Gasteiger partial charge in [-0.3, -0.25) is 0 Å². The van der Waals surface area contributed by atoms with Crippen molar-refractivity contribution in [3.8, 4) is 0 Å². The third kappa shape index (κ3) is 18.4. The minimum absolute atomic E-state index is 1.08. The van der Waals surface area contributed by atoms with E-state index in [1.807, 2.05) is 13.8 Å². The summed E-state index contributed by atoms with van der Waals surface area (Å²) in [7, 11) is 6.10. The second-order valence-electron chi connectivity index (χ2n) is 1.91. The molecule has 0 aliphatic rings. The average molecular weight is 132 g/mol. The van der Waals surface area contributed by atoms with Crippen LogP contribution in [0, 0.1) is 0 Å². The Kier molecular flexibility index (Phi) is 13.4. The fourth-order valence-corrected chi connectivity index (χ4v) is 0.335. The summed E-state index contributed by atoms with van der Waals surface area (Å²) >= 11 is 0. The van der Waals surface area contributed by atoms with Gasteiger partial charge in [-0.05, 0) is 21.1 Å². The summed E-state index contributed by atoms with van der Waals surface area (Å²) in [4.78, 5) is 10.1. The topological polar surface area (TPSA) is 32.3 Å². The maximum Gasteiger partial charge on any atom is 0.106 e. The van der Waals surface area contributed by atoms with Crippen molar-refractivity contribution < 1.29 is 4.79 Å². The van der Waals surface area contributed by atoms with Crippen molar-refractivity contribution in [2.45, 2.75) is 0 Å². The molecule has 0 heterocycles. The van der Waals surface area contributed by atoms with E-state index in [1.165, 1.54) is 0 Å². The molecule has 0 radical (unpaired) electrons. The van der Waals surface area contributed by atoms with E-state index in [1.54, 1.807) is 0 Å². The van der Waals surface area contributed by atoms with Crippen LogP contribution >= 0.6 is 0 Å². The molecule has 0 aromatic carbocycles. The monoisotopic (exact) mass is 132 g/mol. The van der Waals surface area contributed by atoms with E-state index in [-0.39, 0.29) is 0 Å². The third-order valence-electron chi connectivity index (χ3n) is 0.809. The van der Waals surface area contributed by atoms with Crippen molar-refractivity contribution in [1.29, 1.82) is 0 Å². The molecule has 9 heavy (non-hydrogen) atoms. The highest BCUT2D eigenvalue weighted by Crippen LogP contribution is 1.66. The van der Waals surface area contributed by atoms with Crippen molar-refractivity contribution in [3.63, 3.8) is 0 Å². The van der Waals surface area contributed by atoms with Crippen LogP contribution in [0.1, 0.15) is 0 Å². The first-order chi connectivity index (χ1) is 4.27. The van der Waals surface area contributed by atoms with Crippen molar-refractivity contribution in [2.24, 2.45) is 0 Å². The molecule has 0 bridgehead atoms. The van der Waals surface area contributed by atoms with Gasteiger partial charge in [0.25, 0.3) is 0 Å². The quantitative estimate of drug-likeness (QED) is 0.566. The van der Waals surface area contributed by atoms with Gasteiger partial charge in [0.2, 0.25) is 0 Å². The summed E-state index contributed by atoms with van der Waals surface area (Å²) in [5.41, 5.74) is 0. The third-order valence-corrected chi connectivity index (χ3v) is 0.809. The molecule has 0 aromatic rings. The van der Waals surface area contributed by atoms with Crippen molar-refractivity contribution in [2.75, 3.05) is 34.2 Å². The lowest BCUT2D eigenvalue weighted by molar-refractivity contribution is -0.0979. The Morgan fingerprint density at radius 1 is 1.44 bits per heavy atom. The molecule has 0 amide bonds. The van der Waals surface area contributed by atoms with Gasteiger partial charge in [0.05, 0.1) is 0 Å². The number of hydrogen-bond acceptors (Lipinski definition) is 3. The Morgan fingerprint density at radius 3 is 2.00 bits per heavy atom. The lowest BCUT2D eigenvalue weighted by atomic mass is 10.6. The lowest BCUT2D eigenvalue weighted by Gasteiger charge is -2.06. The number of carbonyl (C=O) groups is 1. The Bertz CT molecular complexity index is 48.3. The summed E-state index contributed by atoms with van der Waals surface area (Å²) in [5.74, 6) is 0. The van der Waals surface area contributed by atoms with E-state index < -0.39 is 0 Å². The second kappa shape index (κ2) is 10.5. The molecule has 0 aliphatic heterocycles. The zero-order valence-electron chi connectivity index (χ0n) is 6.48. The second-order valence-corrected chi connectivity index (χ2v) is 1.91. The molecule has 0 atom stereocenters. The van der Waals surface area contributed by atoms with Gasteiger partial charge in [-0.15, -0.1) is 0 Å². The molecule has 0 saturated heterocycles. The van der Waals surface area contributed by atoms with E-state index in [4.69, 9.17) is 4.79 Å². The van der Waals surface area contributed by atoms with Crippen LogP contribution in [-0.4, -0.2) is 45.9 Å². The van der Waals surface area contributed by atoms with Crippen LogP contribution in [0.15, 0.2) is 0 Å². The van der Waals surface area contributed by atoms with Gasteiger partial charge in [0.15, 0.2) is 0 Å². The molecule has 0 saturated carbocycles. The summed E-state index contributed by atoms with van der Waals surface area (Å²) in [6.45, 7) is 4.20. The largest absolute Gasteiger partial charge is 0.318 e. The maximum absolute atomic E-state index is 8.00. The van der Waals surface area contributed by atoms with Crippen LogP contribution in [0.25, 0.3) is 0 Å². The van der Waals surface area contributed by atoms with Crippen molar-refractivity contribution in [1.82, 2.24) is 10.2 Å². The van der Waals surface area contributed by atoms with Crippen LogP contribution < -0.4 is 5.32 Å².